The fourth-order valence-corrected chi connectivity index (χ4v) is 3.84. The second-order valence-corrected chi connectivity index (χ2v) is 6.34. The van der Waals surface area contributed by atoms with Crippen LogP contribution in [-0.2, 0) is 4.79 Å². The summed E-state index contributed by atoms with van der Waals surface area (Å²) < 4.78 is 0. The van der Waals surface area contributed by atoms with Crippen LogP contribution < -0.4 is 0 Å². The van der Waals surface area contributed by atoms with Gasteiger partial charge in [0.2, 0.25) is 0 Å². The molecule has 2 aliphatic carbocycles. The highest BCUT2D eigenvalue weighted by Crippen LogP contribution is 2.62. The molecule has 92 valence electrons. The number of carbonyl (C=O) groups excluding carboxylic acids is 1. The van der Waals surface area contributed by atoms with Crippen LogP contribution in [-0.4, -0.2) is 5.78 Å². The van der Waals surface area contributed by atoms with Gasteiger partial charge in [-0.2, -0.15) is 0 Å². The summed E-state index contributed by atoms with van der Waals surface area (Å²) >= 11 is 0. The summed E-state index contributed by atoms with van der Waals surface area (Å²) in [6.45, 7) is 6.41. The first-order valence-corrected chi connectivity index (χ1v) is 7.14. The Labute approximate surface area is 100.0 Å². The molecule has 2 aliphatic rings. The molecular formula is C15H26O. The molecule has 1 heteroatoms. The second kappa shape index (κ2) is 4.50. The minimum Gasteiger partial charge on any atom is -0.299 e. The molecule has 2 fully saturated rings. The summed E-state index contributed by atoms with van der Waals surface area (Å²) in [5.74, 6) is 1.92. The van der Waals surface area contributed by atoms with Gasteiger partial charge >= 0.3 is 0 Å². The molecule has 0 radical (unpaired) electrons. The Morgan fingerprint density at radius 2 is 2.00 bits per heavy atom. The molecule has 0 saturated heterocycles. The van der Waals surface area contributed by atoms with Crippen molar-refractivity contribution in [2.75, 3.05) is 0 Å². The molecule has 1 spiro atoms. The third kappa shape index (κ3) is 2.06. The van der Waals surface area contributed by atoms with Crippen molar-refractivity contribution in [2.45, 2.75) is 65.7 Å². The molecule has 16 heavy (non-hydrogen) atoms. The summed E-state index contributed by atoms with van der Waals surface area (Å²) in [5, 5.41) is 0. The fraction of sp³-hybridized carbons (Fsp3) is 0.933. The Bertz CT molecular complexity index is 261. The maximum absolute atomic E-state index is 12.4. The van der Waals surface area contributed by atoms with Crippen LogP contribution in [0.1, 0.15) is 65.7 Å². The third-order valence-electron chi connectivity index (χ3n) is 4.81. The monoisotopic (exact) mass is 222 g/mol. The van der Waals surface area contributed by atoms with E-state index in [1.807, 2.05) is 0 Å². The van der Waals surface area contributed by atoms with Gasteiger partial charge in [0.05, 0.1) is 0 Å². The van der Waals surface area contributed by atoms with Crippen LogP contribution in [0.15, 0.2) is 0 Å². The van der Waals surface area contributed by atoms with Crippen LogP contribution in [0.2, 0.25) is 0 Å². The number of carbonyl (C=O) groups is 1. The van der Waals surface area contributed by atoms with E-state index >= 15 is 0 Å². The number of rotatable bonds is 4. The minimum absolute atomic E-state index is 0.236. The lowest BCUT2D eigenvalue weighted by atomic mass is 9.65. The van der Waals surface area contributed by atoms with Gasteiger partial charge in [0, 0.05) is 11.8 Å². The first-order valence-electron chi connectivity index (χ1n) is 7.14. The lowest BCUT2D eigenvalue weighted by Crippen LogP contribution is -2.38. The molecule has 0 aromatic carbocycles. The van der Waals surface area contributed by atoms with E-state index < -0.39 is 0 Å². The number of hydrogen-bond donors (Lipinski definition) is 0. The molecule has 2 rings (SSSR count). The summed E-state index contributed by atoms with van der Waals surface area (Å²) in [6.07, 6.45) is 9.17. The highest BCUT2D eigenvalue weighted by atomic mass is 16.1. The SMILES string of the molecule is CCCC1CCCC2(CC2)C1C(=O)C(C)C. The maximum Gasteiger partial charge on any atom is 0.139 e. The van der Waals surface area contributed by atoms with Crippen molar-refractivity contribution in [1.82, 2.24) is 0 Å². The summed E-state index contributed by atoms with van der Waals surface area (Å²) in [5.41, 5.74) is 0.472. The Morgan fingerprint density at radius 3 is 2.50 bits per heavy atom. The van der Waals surface area contributed by atoms with E-state index in [2.05, 4.69) is 20.8 Å². The van der Waals surface area contributed by atoms with Gasteiger partial charge in [-0.1, -0.05) is 33.6 Å². The topological polar surface area (TPSA) is 17.1 Å². The van der Waals surface area contributed by atoms with Crippen molar-refractivity contribution < 1.29 is 4.79 Å². The van der Waals surface area contributed by atoms with Crippen molar-refractivity contribution >= 4 is 5.78 Å². The predicted octanol–water partition coefficient (Wildman–Crippen LogP) is 4.21. The molecular weight excluding hydrogens is 196 g/mol. The van der Waals surface area contributed by atoms with Crippen molar-refractivity contribution in [3.63, 3.8) is 0 Å². The maximum atomic E-state index is 12.4. The Morgan fingerprint density at radius 1 is 1.31 bits per heavy atom. The van der Waals surface area contributed by atoms with E-state index in [1.165, 1.54) is 44.9 Å². The molecule has 0 bridgehead atoms. The normalized spacial score (nSPS) is 32.0. The van der Waals surface area contributed by atoms with Crippen molar-refractivity contribution in [3.8, 4) is 0 Å². The number of hydrogen-bond acceptors (Lipinski definition) is 1. The van der Waals surface area contributed by atoms with E-state index in [0.717, 1.165) is 0 Å². The highest BCUT2D eigenvalue weighted by Gasteiger charge is 2.55. The van der Waals surface area contributed by atoms with Crippen LogP contribution in [0.3, 0.4) is 0 Å². The third-order valence-corrected chi connectivity index (χ3v) is 4.81. The molecule has 0 aromatic heterocycles. The lowest BCUT2D eigenvalue weighted by Gasteiger charge is -2.38. The van der Waals surface area contributed by atoms with Gasteiger partial charge in [-0.15, -0.1) is 0 Å². The zero-order valence-electron chi connectivity index (χ0n) is 11.1. The molecule has 0 amide bonds. The smallest absolute Gasteiger partial charge is 0.139 e. The van der Waals surface area contributed by atoms with Gasteiger partial charge in [-0.25, -0.2) is 0 Å². The summed E-state index contributed by atoms with van der Waals surface area (Å²) in [6, 6.07) is 0. The zero-order valence-corrected chi connectivity index (χ0v) is 11.1. The Hall–Kier alpha value is -0.330. The summed E-state index contributed by atoms with van der Waals surface area (Å²) in [4.78, 5) is 12.4. The molecule has 0 aromatic rings. The fourth-order valence-electron chi connectivity index (χ4n) is 3.84. The van der Waals surface area contributed by atoms with Crippen LogP contribution >= 0.6 is 0 Å². The first-order chi connectivity index (χ1) is 7.60. The van der Waals surface area contributed by atoms with Crippen LogP contribution in [0.4, 0.5) is 0 Å². The van der Waals surface area contributed by atoms with E-state index in [1.54, 1.807) is 0 Å². The van der Waals surface area contributed by atoms with Crippen molar-refractivity contribution in [3.05, 3.63) is 0 Å². The quantitative estimate of drug-likeness (QED) is 0.696. The van der Waals surface area contributed by atoms with E-state index in [4.69, 9.17) is 0 Å². The Balaban J connectivity index is 2.15. The van der Waals surface area contributed by atoms with Gasteiger partial charge in [-0.05, 0) is 43.4 Å². The second-order valence-electron chi connectivity index (χ2n) is 6.34. The highest BCUT2D eigenvalue weighted by molar-refractivity contribution is 5.84. The van der Waals surface area contributed by atoms with Gasteiger partial charge in [0.15, 0.2) is 0 Å². The van der Waals surface area contributed by atoms with Crippen LogP contribution in [0.5, 0.6) is 0 Å². The summed E-state index contributed by atoms with van der Waals surface area (Å²) in [7, 11) is 0. The largest absolute Gasteiger partial charge is 0.299 e. The molecule has 1 nitrogen and oxygen atoms in total. The molecule has 0 heterocycles. The Kier molecular flexibility index (Phi) is 3.42. The molecule has 2 unspecified atom stereocenters. The zero-order chi connectivity index (χ0) is 11.8. The average Bonchev–Trinajstić information content (AvgIpc) is 2.98. The van der Waals surface area contributed by atoms with Crippen molar-refractivity contribution in [2.24, 2.45) is 23.2 Å². The van der Waals surface area contributed by atoms with Crippen molar-refractivity contribution in [1.29, 1.82) is 0 Å². The van der Waals surface area contributed by atoms with Crippen LogP contribution in [0, 0.1) is 23.2 Å². The number of Topliss-reactive ketones (excluding diaryl/α,β-unsaturated/α-hetero) is 1. The molecule has 2 saturated carbocycles. The number of ketones is 1. The molecule has 2 atom stereocenters. The predicted molar refractivity (Wildman–Crippen MR) is 67.3 cm³/mol. The lowest BCUT2D eigenvalue weighted by molar-refractivity contribution is -0.132. The van der Waals surface area contributed by atoms with E-state index in [-0.39, 0.29) is 5.92 Å². The average molecular weight is 222 g/mol. The molecule has 0 aliphatic heterocycles. The van der Waals surface area contributed by atoms with E-state index in [9.17, 15) is 4.79 Å². The van der Waals surface area contributed by atoms with E-state index in [0.29, 0.717) is 23.0 Å². The van der Waals surface area contributed by atoms with Gasteiger partial charge in [0.1, 0.15) is 5.78 Å². The van der Waals surface area contributed by atoms with Crippen LogP contribution in [0.25, 0.3) is 0 Å². The standard InChI is InChI=1S/C15H26O/c1-4-6-12-7-5-8-15(9-10-15)13(12)14(16)11(2)3/h11-13H,4-10H2,1-3H3. The van der Waals surface area contributed by atoms with Gasteiger partial charge in [-0.3, -0.25) is 4.79 Å². The minimum atomic E-state index is 0.236. The molecule has 0 N–H and O–H groups in total. The van der Waals surface area contributed by atoms with Gasteiger partial charge < -0.3 is 0 Å². The van der Waals surface area contributed by atoms with Gasteiger partial charge in [0.25, 0.3) is 0 Å². The first kappa shape index (κ1) is 12.1.